The Hall–Kier alpha value is -2.69. The maximum atomic E-state index is 5.63. The zero-order chi connectivity index (χ0) is 15.6. The molecule has 4 aromatic heterocycles. The summed E-state index contributed by atoms with van der Waals surface area (Å²) in [6.45, 7) is 2.22. The normalized spacial score (nSPS) is 11.5. The molecule has 0 spiro atoms. The van der Waals surface area contributed by atoms with Crippen LogP contribution in [-0.4, -0.2) is 19.5 Å². The van der Waals surface area contributed by atoms with Gasteiger partial charge in [0.2, 0.25) is 5.71 Å². The van der Waals surface area contributed by atoms with Gasteiger partial charge >= 0.3 is 0 Å². The van der Waals surface area contributed by atoms with E-state index in [4.69, 9.17) is 4.42 Å². The molecule has 4 aromatic rings. The second-order valence-electron chi connectivity index (χ2n) is 5.75. The van der Waals surface area contributed by atoms with Crippen LogP contribution in [0.4, 0.5) is 0 Å². The fourth-order valence-corrected chi connectivity index (χ4v) is 3.03. The van der Waals surface area contributed by atoms with Crippen LogP contribution in [0.2, 0.25) is 0 Å². The van der Waals surface area contributed by atoms with Crippen LogP contribution in [0.15, 0.2) is 48.0 Å². The first-order valence-corrected chi connectivity index (χ1v) is 7.99. The number of pyridine rings is 2. The summed E-state index contributed by atoms with van der Waals surface area (Å²) in [4.78, 5) is 13.1. The van der Waals surface area contributed by atoms with Crippen molar-refractivity contribution >= 4 is 21.9 Å². The molecular formula is C18H18N4O. The molecule has 0 saturated heterocycles. The van der Waals surface area contributed by atoms with Crippen molar-refractivity contribution in [2.75, 3.05) is 0 Å². The second kappa shape index (κ2) is 5.83. The molecular weight excluding hydrogens is 288 g/mol. The van der Waals surface area contributed by atoms with Gasteiger partial charge in [0, 0.05) is 41.8 Å². The van der Waals surface area contributed by atoms with E-state index in [9.17, 15) is 0 Å². The van der Waals surface area contributed by atoms with Crippen molar-refractivity contribution in [2.45, 2.75) is 32.6 Å². The van der Waals surface area contributed by atoms with Crippen LogP contribution in [-0.2, 0) is 6.42 Å². The molecule has 0 amide bonds. The SMILES string of the molecule is CCCCCc1cncc2c1cnc1occ(-n3ccnc3)c12. The van der Waals surface area contributed by atoms with Gasteiger partial charge in [0.1, 0.15) is 6.26 Å². The molecule has 0 saturated carbocycles. The minimum atomic E-state index is 0.633. The molecule has 23 heavy (non-hydrogen) atoms. The van der Waals surface area contributed by atoms with E-state index in [1.54, 1.807) is 18.8 Å². The summed E-state index contributed by atoms with van der Waals surface area (Å²) in [6, 6.07) is 0. The molecule has 5 heteroatoms. The Balaban J connectivity index is 1.91. The maximum absolute atomic E-state index is 5.63. The third-order valence-corrected chi connectivity index (χ3v) is 4.23. The summed E-state index contributed by atoms with van der Waals surface area (Å²) in [5.74, 6) is 0. The molecule has 0 fully saturated rings. The molecule has 116 valence electrons. The Kier molecular flexibility index (Phi) is 3.54. The Bertz CT molecular complexity index is 940. The van der Waals surface area contributed by atoms with E-state index >= 15 is 0 Å². The first kappa shape index (κ1) is 13.9. The minimum Gasteiger partial charge on any atom is -0.444 e. The lowest BCUT2D eigenvalue weighted by Gasteiger charge is -2.07. The van der Waals surface area contributed by atoms with Crippen molar-refractivity contribution in [3.63, 3.8) is 0 Å². The molecule has 0 unspecified atom stereocenters. The van der Waals surface area contributed by atoms with Gasteiger partial charge in [0.25, 0.3) is 0 Å². The summed E-state index contributed by atoms with van der Waals surface area (Å²) in [5.41, 5.74) is 2.83. The standard InChI is InChI=1S/C18H18N4O/c1-2-3-4-5-13-8-20-9-15-14(13)10-21-18-17(15)16(11-23-18)22-7-6-19-12-22/h6-12H,2-5H2,1H3. The molecule has 0 bridgehead atoms. The number of furan rings is 1. The van der Waals surface area contributed by atoms with Crippen LogP contribution in [0.25, 0.3) is 27.6 Å². The van der Waals surface area contributed by atoms with Crippen molar-refractivity contribution < 1.29 is 4.42 Å². The first-order valence-electron chi connectivity index (χ1n) is 7.99. The summed E-state index contributed by atoms with van der Waals surface area (Å²) < 4.78 is 7.57. The van der Waals surface area contributed by atoms with Gasteiger partial charge in [-0.25, -0.2) is 9.97 Å². The zero-order valence-electron chi connectivity index (χ0n) is 13.1. The second-order valence-corrected chi connectivity index (χ2v) is 5.75. The predicted octanol–water partition coefficient (Wildman–Crippen LogP) is 4.29. The number of imidazole rings is 1. The largest absolute Gasteiger partial charge is 0.444 e. The van der Waals surface area contributed by atoms with Gasteiger partial charge < -0.3 is 8.98 Å². The molecule has 4 rings (SSSR count). The van der Waals surface area contributed by atoms with Crippen molar-refractivity contribution in [3.05, 3.63) is 49.1 Å². The average molecular weight is 306 g/mol. The van der Waals surface area contributed by atoms with Gasteiger partial charge in [-0.1, -0.05) is 19.8 Å². The lowest BCUT2D eigenvalue weighted by molar-refractivity contribution is 0.601. The van der Waals surface area contributed by atoms with E-state index in [-0.39, 0.29) is 0 Å². The molecule has 0 aromatic carbocycles. The number of hydrogen-bond acceptors (Lipinski definition) is 4. The summed E-state index contributed by atoms with van der Waals surface area (Å²) in [7, 11) is 0. The number of nitrogens with zero attached hydrogens (tertiary/aromatic N) is 4. The van der Waals surface area contributed by atoms with Gasteiger partial charge in [-0.2, -0.15) is 0 Å². The van der Waals surface area contributed by atoms with Crippen molar-refractivity contribution in [3.8, 4) is 5.69 Å². The van der Waals surface area contributed by atoms with E-state index in [0.29, 0.717) is 5.71 Å². The predicted molar refractivity (Wildman–Crippen MR) is 89.7 cm³/mol. The summed E-state index contributed by atoms with van der Waals surface area (Å²) >= 11 is 0. The maximum Gasteiger partial charge on any atom is 0.228 e. The Morgan fingerprint density at radius 2 is 2.04 bits per heavy atom. The fraction of sp³-hybridized carbons (Fsp3) is 0.278. The quantitative estimate of drug-likeness (QED) is 0.516. The topological polar surface area (TPSA) is 56.7 Å². The lowest BCUT2D eigenvalue weighted by Crippen LogP contribution is -1.93. The van der Waals surface area contributed by atoms with Crippen molar-refractivity contribution in [2.24, 2.45) is 0 Å². The molecule has 5 nitrogen and oxygen atoms in total. The summed E-state index contributed by atoms with van der Waals surface area (Å²) in [6.07, 6.45) is 17.6. The van der Waals surface area contributed by atoms with Gasteiger partial charge in [-0.15, -0.1) is 0 Å². The monoisotopic (exact) mass is 306 g/mol. The fourth-order valence-electron chi connectivity index (χ4n) is 3.03. The highest BCUT2D eigenvalue weighted by atomic mass is 16.3. The highest BCUT2D eigenvalue weighted by molar-refractivity contribution is 6.08. The van der Waals surface area contributed by atoms with Crippen LogP contribution in [0.5, 0.6) is 0 Å². The third-order valence-electron chi connectivity index (χ3n) is 4.23. The average Bonchev–Trinajstić information content (AvgIpc) is 3.24. The summed E-state index contributed by atoms with van der Waals surface area (Å²) in [5, 5.41) is 3.23. The number of fused-ring (bicyclic) bond motifs is 3. The lowest BCUT2D eigenvalue weighted by atomic mass is 10.0. The Morgan fingerprint density at radius 3 is 2.87 bits per heavy atom. The molecule has 4 heterocycles. The van der Waals surface area contributed by atoms with Crippen LogP contribution in [0, 0.1) is 0 Å². The van der Waals surface area contributed by atoms with E-state index in [0.717, 1.165) is 28.3 Å². The first-order chi connectivity index (χ1) is 11.4. The van der Waals surface area contributed by atoms with Crippen LogP contribution in [0.3, 0.4) is 0 Å². The van der Waals surface area contributed by atoms with Crippen LogP contribution < -0.4 is 0 Å². The van der Waals surface area contributed by atoms with Gasteiger partial charge in [0.05, 0.1) is 17.4 Å². The molecule has 0 aliphatic rings. The molecule has 0 radical (unpaired) electrons. The van der Waals surface area contributed by atoms with E-state index < -0.39 is 0 Å². The molecule has 0 atom stereocenters. The number of rotatable bonds is 5. The van der Waals surface area contributed by atoms with Crippen LogP contribution >= 0.6 is 0 Å². The molecule has 0 aliphatic carbocycles. The number of aryl methyl sites for hydroxylation is 1. The molecule has 0 N–H and O–H groups in total. The minimum absolute atomic E-state index is 0.633. The van der Waals surface area contributed by atoms with Gasteiger partial charge in [-0.3, -0.25) is 4.98 Å². The smallest absolute Gasteiger partial charge is 0.228 e. The zero-order valence-corrected chi connectivity index (χ0v) is 13.1. The highest BCUT2D eigenvalue weighted by Gasteiger charge is 2.14. The molecule has 0 aliphatic heterocycles. The third kappa shape index (κ3) is 2.38. The number of hydrogen-bond donors (Lipinski definition) is 0. The van der Waals surface area contributed by atoms with Crippen LogP contribution in [0.1, 0.15) is 31.7 Å². The van der Waals surface area contributed by atoms with E-state index in [2.05, 4.69) is 21.9 Å². The Morgan fingerprint density at radius 1 is 1.09 bits per heavy atom. The number of aromatic nitrogens is 4. The van der Waals surface area contributed by atoms with E-state index in [1.165, 1.54) is 24.8 Å². The highest BCUT2D eigenvalue weighted by Crippen LogP contribution is 2.31. The van der Waals surface area contributed by atoms with E-state index in [1.807, 2.05) is 29.4 Å². The Labute approximate surface area is 134 Å². The number of unbranched alkanes of at least 4 members (excludes halogenated alkanes) is 2. The van der Waals surface area contributed by atoms with Gasteiger partial charge in [0.15, 0.2) is 0 Å². The van der Waals surface area contributed by atoms with Crippen molar-refractivity contribution in [1.29, 1.82) is 0 Å². The van der Waals surface area contributed by atoms with Crippen molar-refractivity contribution in [1.82, 2.24) is 19.5 Å². The van der Waals surface area contributed by atoms with Gasteiger partial charge in [-0.05, 0) is 18.4 Å².